The fraction of sp³-hybridized carbons (Fsp3) is 0. The van der Waals surface area contributed by atoms with Crippen molar-refractivity contribution in [1.29, 1.82) is 0 Å². The molecule has 62 valence electrons. The van der Waals surface area contributed by atoms with Crippen LogP contribution in [0.4, 0.5) is 0 Å². The van der Waals surface area contributed by atoms with E-state index in [1.165, 1.54) is 6.07 Å². The van der Waals surface area contributed by atoms with E-state index in [-0.39, 0.29) is 4.21 Å². The van der Waals surface area contributed by atoms with Gasteiger partial charge in [-0.2, -0.15) is 0 Å². The zero-order chi connectivity index (χ0) is 9.35. The summed E-state index contributed by atoms with van der Waals surface area (Å²) in [5.41, 5.74) is 0.493. The summed E-state index contributed by atoms with van der Waals surface area (Å²) >= 11 is 0.736. The molecule has 12 heavy (non-hydrogen) atoms. The van der Waals surface area contributed by atoms with Crippen LogP contribution in [0.25, 0.3) is 0 Å². The van der Waals surface area contributed by atoms with E-state index in [1.807, 2.05) is 0 Å². The van der Waals surface area contributed by atoms with Crippen LogP contribution in [0.15, 0.2) is 10.3 Å². The van der Waals surface area contributed by atoms with Crippen molar-refractivity contribution in [2.45, 2.75) is 4.21 Å². The van der Waals surface area contributed by atoms with Crippen LogP contribution in [-0.2, 0) is 10.1 Å². The third kappa shape index (κ3) is 2.02. The summed E-state index contributed by atoms with van der Waals surface area (Å²) < 4.78 is 33.4. The molecule has 0 atom stereocenters. The van der Waals surface area contributed by atoms with Gasteiger partial charge in [-0.05, 0) is 0 Å². The SMILES string of the molecule is B=C(B)c1cc(S(=O)(=O)O)sn1. The Labute approximate surface area is 76.0 Å². The van der Waals surface area contributed by atoms with Gasteiger partial charge in [0.2, 0.25) is 0 Å². The van der Waals surface area contributed by atoms with Gasteiger partial charge in [0.1, 0.15) is 0 Å². The Hall–Kier alpha value is -0.460. The molecule has 0 aromatic carbocycles. The van der Waals surface area contributed by atoms with Crippen LogP contribution in [0.5, 0.6) is 0 Å². The standard InChI is InChI=1S/C4H5B2NO3S2/c5-4(6)2-1-3(11-7-2)12(8,9)10/h1,5H,6H2,(H,8,9,10). The molecule has 1 N–H and O–H groups in total. The van der Waals surface area contributed by atoms with Crippen molar-refractivity contribution in [3.05, 3.63) is 11.8 Å². The maximum atomic E-state index is 10.6. The topological polar surface area (TPSA) is 67.3 Å². The molecule has 4 nitrogen and oxygen atoms in total. The molecule has 0 aliphatic rings. The van der Waals surface area contributed by atoms with Crippen LogP contribution in [0.3, 0.4) is 0 Å². The van der Waals surface area contributed by atoms with Gasteiger partial charge in [-0.1, -0.05) is 0 Å². The summed E-state index contributed by atoms with van der Waals surface area (Å²) in [5.74, 6) is 0. The Kier molecular flexibility index (Phi) is 2.50. The second-order valence-electron chi connectivity index (χ2n) is 2.29. The zero-order valence-corrected chi connectivity index (χ0v) is 7.94. The second kappa shape index (κ2) is 3.12. The second-order valence-corrected chi connectivity index (χ2v) is 4.74. The summed E-state index contributed by atoms with van der Waals surface area (Å²) in [6.07, 6.45) is 0. The molecule has 1 heterocycles. The van der Waals surface area contributed by atoms with Crippen molar-refractivity contribution in [2.24, 2.45) is 0 Å². The van der Waals surface area contributed by atoms with Crippen LogP contribution in [0.2, 0.25) is 0 Å². The van der Waals surface area contributed by atoms with Crippen LogP contribution in [0, 0.1) is 0 Å². The van der Waals surface area contributed by atoms with Crippen molar-refractivity contribution >= 4 is 42.3 Å². The summed E-state index contributed by atoms with van der Waals surface area (Å²) in [7, 11) is 1.20. The van der Waals surface area contributed by atoms with Crippen LogP contribution >= 0.6 is 11.5 Å². The molecule has 0 unspecified atom stereocenters. The van der Waals surface area contributed by atoms with Crippen molar-refractivity contribution in [3.8, 4) is 0 Å². The Morgan fingerprint density at radius 2 is 2.33 bits per heavy atom. The van der Waals surface area contributed by atoms with Gasteiger partial charge < -0.3 is 0 Å². The molecule has 1 aromatic heterocycles. The number of rotatable bonds is 2. The quantitative estimate of drug-likeness (QED) is 0.462. The predicted molar refractivity (Wildman–Crippen MR) is 51.7 cm³/mol. The molecule has 0 amide bonds. The third-order valence-corrected chi connectivity index (χ3v) is 3.25. The molecule has 0 saturated carbocycles. The molecule has 0 saturated heterocycles. The van der Waals surface area contributed by atoms with Gasteiger partial charge in [0, 0.05) is 0 Å². The molecule has 8 heteroatoms. The van der Waals surface area contributed by atoms with E-state index in [1.54, 1.807) is 7.85 Å². The molecule has 0 aliphatic carbocycles. The van der Waals surface area contributed by atoms with E-state index < -0.39 is 10.1 Å². The van der Waals surface area contributed by atoms with Gasteiger partial charge in [0.25, 0.3) is 0 Å². The van der Waals surface area contributed by atoms with Crippen molar-refractivity contribution in [3.63, 3.8) is 0 Å². The fourth-order valence-electron chi connectivity index (χ4n) is 0.581. The van der Waals surface area contributed by atoms with Gasteiger partial charge in [-0.25, -0.2) is 0 Å². The first kappa shape index (κ1) is 9.63. The summed E-state index contributed by atoms with van der Waals surface area (Å²) in [6.45, 7) is 0. The van der Waals surface area contributed by atoms with Gasteiger partial charge in [-0.15, -0.1) is 0 Å². The van der Waals surface area contributed by atoms with Crippen LogP contribution < -0.4 is 0 Å². The Balaban J connectivity index is 3.17. The number of nitrogens with zero attached hydrogens (tertiary/aromatic N) is 1. The summed E-state index contributed by atoms with van der Waals surface area (Å²) in [5, 5.41) is 0.668. The van der Waals surface area contributed by atoms with Gasteiger partial charge in [0.05, 0.1) is 0 Å². The minimum absolute atomic E-state index is 0.152. The first-order chi connectivity index (χ1) is 5.41. The summed E-state index contributed by atoms with van der Waals surface area (Å²) in [4.78, 5) is 0. The van der Waals surface area contributed by atoms with Crippen molar-refractivity contribution in [2.75, 3.05) is 0 Å². The van der Waals surface area contributed by atoms with E-state index in [4.69, 9.17) is 4.55 Å². The van der Waals surface area contributed by atoms with Crippen molar-refractivity contribution < 1.29 is 13.0 Å². The average molecular weight is 201 g/mol. The van der Waals surface area contributed by atoms with Crippen LogP contribution in [-0.4, -0.2) is 38.0 Å². The molecule has 0 fully saturated rings. The first-order valence-corrected chi connectivity index (χ1v) is 5.22. The first-order valence-electron chi connectivity index (χ1n) is 3.01. The van der Waals surface area contributed by atoms with Crippen molar-refractivity contribution in [1.82, 2.24) is 4.37 Å². The minimum atomic E-state index is -4.10. The van der Waals surface area contributed by atoms with Crippen LogP contribution in [0.1, 0.15) is 5.69 Å². The molecular formula is C4H5B2NO3S2. The Morgan fingerprint density at radius 1 is 1.75 bits per heavy atom. The normalized spacial score (nSPS) is 11.3. The van der Waals surface area contributed by atoms with E-state index >= 15 is 0 Å². The predicted octanol–water partition coefficient (Wildman–Crippen LogP) is -1.60. The Morgan fingerprint density at radius 3 is 2.58 bits per heavy atom. The Bertz CT molecular complexity index is 410. The fourth-order valence-corrected chi connectivity index (χ4v) is 1.89. The summed E-state index contributed by atoms with van der Waals surface area (Å²) in [6, 6.07) is 1.29. The molecule has 0 spiro atoms. The van der Waals surface area contributed by atoms with E-state index in [0.29, 0.717) is 11.1 Å². The monoisotopic (exact) mass is 201 g/mol. The van der Waals surface area contributed by atoms with E-state index in [9.17, 15) is 8.42 Å². The zero-order valence-electron chi connectivity index (χ0n) is 6.31. The molecule has 1 aromatic rings. The van der Waals surface area contributed by atoms with E-state index in [0.717, 1.165) is 11.5 Å². The molecular weight excluding hydrogens is 196 g/mol. The number of hydrogen-bond donors (Lipinski definition) is 1. The molecule has 0 radical (unpaired) electrons. The molecule has 0 bridgehead atoms. The molecule has 1 rings (SSSR count). The molecule has 0 aliphatic heterocycles. The maximum absolute atomic E-state index is 10.6. The number of hydrogen-bond acceptors (Lipinski definition) is 4. The van der Waals surface area contributed by atoms with Gasteiger partial charge in [0.15, 0.2) is 0 Å². The average Bonchev–Trinajstić information content (AvgIpc) is 2.30. The third-order valence-electron chi connectivity index (χ3n) is 1.18. The number of aromatic nitrogens is 1. The van der Waals surface area contributed by atoms with Gasteiger partial charge >= 0.3 is 75.7 Å². The van der Waals surface area contributed by atoms with Gasteiger partial charge in [-0.3, -0.25) is 0 Å². The van der Waals surface area contributed by atoms with E-state index in [2.05, 4.69) is 11.9 Å².